The summed E-state index contributed by atoms with van der Waals surface area (Å²) in [7, 11) is -1.48. The minimum absolute atomic E-state index is 0.00195. The lowest BCUT2D eigenvalue weighted by atomic mass is 9.74. The highest BCUT2D eigenvalue weighted by Gasteiger charge is 2.46. The van der Waals surface area contributed by atoms with E-state index in [9.17, 15) is 13.2 Å². The minimum Gasteiger partial charge on any atom is -0.341 e. The quantitative estimate of drug-likeness (QED) is 0.280. The fourth-order valence-corrected chi connectivity index (χ4v) is 8.02. The van der Waals surface area contributed by atoms with E-state index in [2.05, 4.69) is 17.0 Å². The predicted octanol–water partition coefficient (Wildman–Crippen LogP) is 6.67. The number of hydrogen-bond donors (Lipinski definition) is 0. The standard InChI is InChI=1S/C33H39Cl2N3O3S/c1-23-17-24(2)19-27(18-23)32(39)36(3)21-26(25-9-10-29(34)30(35)20-25)11-14-37-15-12-33(13-16-37)22-38(42(4,40)41)31-8-6-5-7-28(31)33/h5-10,17-20,26H,11-16,21-22H2,1-4H3. The summed E-state index contributed by atoms with van der Waals surface area (Å²) < 4.78 is 26.7. The maximum Gasteiger partial charge on any atom is 0.253 e. The number of para-hydroxylation sites is 1. The number of fused-ring (bicyclic) bond motifs is 2. The van der Waals surface area contributed by atoms with E-state index in [0.717, 1.165) is 66.8 Å². The van der Waals surface area contributed by atoms with Crippen molar-refractivity contribution < 1.29 is 13.2 Å². The summed E-state index contributed by atoms with van der Waals surface area (Å²) in [4.78, 5) is 17.7. The number of amides is 1. The number of piperidine rings is 1. The number of sulfonamides is 1. The molecule has 1 spiro atoms. The van der Waals surface area contributed by atoms with Gasteiger partial charge in [0.2, 0.25) is 10.0 Å². The summed E-state index contributed by atoms with van der Waals surface area (Å²) in [5.74, 6) is 0.0746. The number of rotatable bonds is 8. The molecule has 5 rings (SSSR count). The molecule has 224 valence electrons. The third-order valence-electron chi connectivity index (χ3n) is 8.92. The van der Waals surface area contributed by atoms with Gasteiger partial charge in [-0.2, -0.15) is 0 Å². The minimum atomic E-state index is -3.34. The first-order chi connectivity index (χ1) is 19.9. The lowest BCUT2D eigenvalue weighted by Gasteiger charge is -2.40. The monoisotopic (exact) mass is 627 g/mol. The number of aryl methyl sites for hydroxylation is 2. The maximum absolute atomic E-state index is 13.4. The van der Waals surface area contributed by atoms with Crippen LogP contribution in [0.3, 0.4) is 0 Å². The van der Waals surface area contributed by atoms with Gasteiger partial charge in [0, 0.05) is 37.0 Å². The zero-order valence-electron chi connectivity index (χ0n) is 24.7. The molecule has 42 heavy (non-hydrogen) atoms. The summed E-state index contributed by atoms with van der Waals surface area (Å²) in [6.07, 6.45) is 3.95. The Morgan fingerprint density at radius 3 is 2.29 bits per heavy atom. The SMILES string of the molecule is Cc1cc(C)cc(C(=O)N(C)CC(CCN2CCC3(CC2)CN(S(C)(=O)=O)c2ccccc23)c2ccc(Cl)c(Cl)c2)c1. The zero-order valence-corrected chi connectivity index (χ0v) is 27.1. The topological polar surface area (TPSA) is 60.9 Å². The van der Waals surface area contributed by atoms with Crippen LogP contribution in [0.5, 0.6) is 0 Å². The summed E-state index contributed by atoms with van der Waals surface area (Å²) in [5, 5.41) is 1.03. The molecule has 3 aromatic rings. The van der Waals surface area contributed by atoms with Gasteiger partial charge in [0.15, 0.2) is 0 Å². The summed E-state index contributed by atoms with van der Waals surface area (Å²) in [6, 6.07) is 19.7. The highest BCUT2D eigenvalue weighted by Crippen LogP contribution is 2.47. The number of carbonyl (C=O) groups is 1. The molecule has 2 aliphatic rings. The van der Waals surface area contributed by atoms with Crippen molar-refractivity contribution in [1.29, 1.82) is 0 Å². The van der Waals surface area contributed by atoms with Crippen molar-refractivity contribution in [3.63, 3.8) is 0 Å². The van der Waals surface area contributed by atoms with Crippen molar-refractivity contribution in [3.8, 4) is 0 Å². The normalized spacial score (nSPS) is 17.3. The summed E-state index contributed by atoms with van der Waals surface area (Å²) in [5.41, 5.74) is 5.72. The number of hydrogen-bond acceptors (Lipinski definition) is 4. The second-order valence-corrected chi connectivity index (χ2v) is 14.9. The van der Waals surface area contributed by atoms with E-state index in [-0.39, 0.29) is 17.2 Å². The van der Waals surface area contributed by atoms with Crippen LogP contribution in [0.2, 0.25) is 10.0 Å². The van der Waals surface area contributed by atoms with Gasteiger partial charge in [-0.05, 0) is 94.2 Å². The van der Waals surface area contributed by atoms with Gasteiger partial charge in [-0.1, -0.05) is 64.7 Å². The molecule has 0 radical (unpaired) electrons. The average molecular weight is 629 g/mol. The van der Waals surface area contributed by atoms with Crippen molar-refractivity contribution in [2.75, 3.05) is 50.3 Å². The molecule has 0 N–H and O–H groups in total. The Morgan fingerprint density at radius 2 is 1.64 bits per heavy atom. The summed E-state index contributed by atoms with van der Waals surface area (Å²) in [6.45, 7) is 7.72. The van der Waals surface area contributed by atoms with Gasteiger partial charge in [-0.15, -0.1) is 0 Å². The number of carbonyl (C=O) groups excluding carboxylic acids is 1. The number of anilines is 1. The number of likely N-dealkylation sites (tertiary alicyclic amines) is 1. The molecule has 0 saturated carbocycles. The van der Waals surface area contributed by atoms with Gasteiger partial charge in [0.1, 0.15) is 0 Å². The van der Waals surface area contributed by atoms with E-state index in [1.807, 2.05) is 74.3 Å². The Labute approximate surface area is 260 Å². The van der Waals surface area contributed by atoms with E-state index in [4.69, 9.17) is 23.2 Å². The highest BCUT2D eigenvalue weighted by atomic mass is 35.5. The number of halogens is 2. The van der Waals surface area contributed by atoms with Gasteiger partial charge in [-0.3, -0.25) is 9.10 Å². The summed E-state index contributed by atoms with van der Waals surface area (Å²) >= 11 is 12.7. The fourth-order valence-electron chi connectivity index (χ4n) is 6.71. The second kappa shape index (κ2) is 12.2. The first-order valence-corrected chi connectivity index (χ1v) is 17.0. The smallest absolute Gasteiger partial charge is 0.253 e. The van der Waals surface area contributed by atoms with E-state index in [0.29, 0.717) is 28.7 Å². The van der Waals surface area contributed by atoms with E-state index < -0.39 is 10.0 Å². The van der Waals surface area contributed by atoms with Gasteiger partial charge in [-0.25, -0.2) is 8.42 Å². The molecular formula is C33H39Cl2N3O3S. The van der Waals surface area contributed by atoms with Gasteiger partial charge < -0.3 is 9.80 Å². The van der Waals surface area contributed by atoms with Crippen molar-refractivity contribution in [2.24, 2.45) is 0 Å². The molecular weight excluding hydrogens is 589 g/mol. The third-order valence-corrected chi connectivity index (χ3v) is 10.8. The number of nitrogens with zero attached hydrogens (tertiary/aromatic N) is 3. The number of likely N-dealkylation sites (N-methyl/N-ethyl adjacent to an activating group) is 1. The molecule has 0 aliphatic carbocycles. The predicted molar refractivity (Wildman–Crippen MR) is 173 cm³/mol. The molecule has 0 aromatic heterocycles. The molecule has 1 fully saturated rings. The molecule has 1 saturated heterocycles. The number of benzene rings is 3. The van der Waals surface area contributed by atoms with Crippen LogP contribution in [-0.2, 0) is 15.4 Å². The first kappa shape index (κ1) is 30.9. The Kier molecular flexibility index (Phi) is 8.96. The zero-order chi connectivity index (χ0) is 30.2. The van der Waals surface area contributed by atoms with E-state index in [1.165, 1.54) is 6.26 Å². The molecule has 2 aliphatic heterocycles. The molecule has 6 nitrogen and oxygen atoms in total. The van der Waals surface area contributed by atoms with Crippen molar-refractivity contribution in [3.05, 3.63) is 98.5 Å². The van der Waals surface area contributed by atoms with Gasteiger partial charge in [0.05, 0.1) is 22.0 Å². The highest BCUT2D eigenvalue weighted by molar-refractivity contribution is 7.92. The molecule has 3 aromatic carbocycles. The Bertz CT molecular complexity index is 1560. The van der Waals surface area contributed by atoms with Crippen LogP contribution in [-0.4, -0.2) is 70.2 Å². The fraction of sp³-hybridized carbons (Fsp3) is 0.424. The van der Waals surface area contributed by atoms with Gasteiger partial charge >= 0.3 is 0 Å². The Balaban J connectivity index is 1.29. The average Bonchev–Trinajstić information content (AvgIpc) is 3.27. The lowest BCUT2D eigenvalue weighted by molar-refractivity contribution is 0.0780. The largest absolute Gasteiger partial charge is 0.341 e. The van der Waals surface area contributed by atoms with Crippen LogP contribution < -0.4 is 4.31 Å². The van der Waals surface area contributed by atoms with Crippen LogP contribution in [0.15, 0.2) is 60.7 Å². The lowest BCUT2D eigenvalue weighted by Crippen LogP contribution is -2.46. The molecule has 2 heterocycles. The van der Waals surface area contributed by atoms with Crippen LogP contribution in [0.1, 0.15) is 57.8 Å². The van der Waals surface area contributed by atoms with Crippen LogP contribution in [0.4, 0.5) is 5.69 Å². The second-order valence-electron chi connectivity index (χ2n) is 12.1. The van der Waals surface area contributed by atoms with E-state index in [1.54, 1.807) is 4.31 Å². The van der Waals surface area contributed by atoms with Gasteiger partial charge in [0.25, 0.3) is 5.91 Å². The first-order valence-electron chi connectivity index (χ1n) is 14.4. The van der Waals surface area contributed by atoms with Crippen LogP contribution >= 0.6 is 23.2 Å². The van der Waals surface area contributed by atoms with Crippen molar-refractivity contribution in [2.45, 2.75) is 44.4 Å². The van der Waals surface area contributed by atoms with Crippen molar-refractivity contribution >= 4 is 44.8 Å². The Hall–Kier alpha value is -2.58. The van der Waals surface area contributed by atoms with Crippen LogP contribution in [0.25, 0.3) is 0 Å². The van der Waals surface area contributed by atoms with Crippen molar-refractivity contribution in [1.82, 2.24) is 9.80 Å². The molecule has 1 amide bonds. The van der Waals surface area contributed by atoms with E-state index >= 15 is 0 Å². The molecule has 9 heteroatoms. The molecule has 1 unspecified atom stereocenters. The Morgan fingerprint density at radius 1 is 0.976 bits per heavy atom. The third kappa shape index (κ3) is 6.49. The van der Waals surface area contributed by atoms with Crippen LogP contribution in [0, 0.1) is 13.8 Å². The maximum atomic E-state index is 13.4. The molecule has 1 atom stereocenters. The molecule has 0 bridgehead atoms.